The second-order valence-electron chi connectivity index (χ2n) is 6.96. The van der Waals surface area contributed by atoms with Crippen molar-refractivity contribution in [2.75, 3.05) is 0 Å². The third kappa shape index (κ3) is 2.87. The third-order valence-electron chi connectivity index (χ3n) is 5.11. The molecule has 2 atom stereocenters. The van der Waals surface area contributed by atoms with E-state index < -0.39 is 0 Å². The summed E-state index contributed by atoms with van der Waals surface area (Å²) >= 11 is 12.6. The molecule has 3 rings (SSSR count). The molecule has 1 aliphatic rings. The number of nitriles is 1. The minimum absolute atomic E-state index is 0.179. The van der Waals surface area contributed by atoms with Crippen LogP contribution in [0, 0.1) is 23.7 Å². The number of hydrogen-bond acceptors (Lipinski definition) is 1. The van der Waals surface area contributed by atoms with Gasteiger partial charge in [-0.1, -0.05) is 61.3 Å². The third-order valence-corrected chi connectivity index (χ3v) is 5.90. The maximum atomic E-state index is 8.78. The molecule has 1 fully saturated rings. The van der Waals surface area contributed by atoms with Crippen molar-refractivity contribution in [2.24, 2.45) is 5.41 Å². The Morgan fingerprint density at radius 2 is 1.52 bits per heavy atom. The van der Waals surface area contributed by atoms with E-state index in [4.69, 9.17) is 28.5 Å². The summed E-state index contributed by atoms with van der Waals surface area (Å²) in [5.41, 5.74) is 4.70. The van der Waals surface area contributed by atoms with Crippen LogP contribution in [0.4, 0.5) is 0 Å². The van der Waals surface area contributed by atoms with E-state index in [1.54, 1.807) is 0 Å². The summed E-state index contributed by atoms with van der Waals surface area (Å²) in [6.45, 7) is 6.51. The van der Waals surface area contributed by atoms with Crippen molar-refractivity contribution in [2.45, 2.75) is 39.0 Å². The van der Waals surface area contributed by atoms with E-state index in [0.717, 1.165) is 21.2 Å². The zero-order valence-electron chi connectivity index (χ0n) is 13.5. The van der Waals surface area contributed by atoms with Gasteiger partial charge in [-0.2, -0.15) is 5.26 Å². The summed E-state index contributed by atoms with van der Waals surface area (Å²) in [6, 6.07) is 14.7. The van der Waals surface area contributed by atoms with Crippen molar-refractivity contribution in [3.63, 3.8) is 0 Å². The highest BCUT2D eigenvalue weighted by Gasteiger charge is 2.58. The van der Waals surface area contributed by atoms with E-state index in [2.05, 4.69) is 56.3 Å². The predicted molar refractivity (Wildman–Crippen MR) is 96.2 cm³/mol. The Balaban J connectivity index is 1.92. The van der Waals surface area contributed by atoms with Crippen LogP contribution in [-0.2, 0) is 6.42 Å². The monoisotopic (exact) mass is 343 g/mol. The van der Waals surface area contributed by atoms with Crippen LogP contribution in [0.5, 0.6) is 0 Å². The van der Waals surface area contributed by atoms with Gasteiger partial charge in [0.2, 0.25) is 0 Å². The highest BCUT2D eigenvalue weighted by atomic mass is 35.5. The Morgan fingerprint density at radius 3 is 2.04 bits per heavy atom. The molecular weight excluding hydrogens is 325 g/mol. The molecule has 2 aromatic carbocycles. The molecule has 2 aromatic rings. The summed E-state index contributed by atoms with van der Waals surface area (Å²) in [4.78, 5) is 0. The SMILES string of the molecule is Cc1c(Cl)cc(C2C(c3ccc(CC#N)cc3)C2(C)C)cc1Cl. The first-order valence-electron chi connectivity index (χ1n) is 7.77. The Labute approximate surface area is 147 Å². The number of halogens is 2. The molecule has 2 unspecified atom stereocenters. The van der Waals surface area contributed by atoms with Crippen LogP contribution >= 0.6 is 23.2 Å². The molecule has 0 spiro atoms. The van der Waals surface area contributed by atoms with Gasteiger partial charge < -0.3 is 0 Å². The fourth-order valence-corrected chi connectivity index (χ4v) is 4.16. The van der Waals surface area contributed by atoms with E-state index >= 15 is 0 Å². The maximum Gasteiger partial charge on any atom is 0.0669 e. The highest BCUT2D eigenvalue weighted by molar-refractivity contribution is 6.36. The Hall–Kier alpha value is -1.49. The largest absolute Gasteiger partial charge is 0.198 e. The molecule has 23 heavy (non-hydrogen) atoms. The molecule has 0 bridgehead atoms. The second kappa shape index (κ2) is 5.86. The van der Waals surface area contributed by atoms with Gasteiger partial charge in [0.25, 0.3) is 0 Å². The van der Waals surface area contributed by atoms with Crippen molar-refractivity contribution in [1.29, 1.82) is 5.26 Å². The van der Waals surface area contributed by atoms with Gasteiger partial charge in [0, 0.05) is 10.0 Å². The Kier molecular flexibility index (Phi) is 4.17. The van der Waals surface area contributed by atoms with Crippen LogP contribution in [0.1, 0.15) is 47.9 Å². The smallest absolute Gasteiger partial charge is 0.0669 e. The molecule has 118 valence electrons. The van der Waals surface area contributed by atoms with Crippen LogP contribution in [0.2, 0.25) is 10.0 Å². The van der Waals surface area contributed by atoms with E-state index in [9.17, 15) is 0 Å². The molecule has 0 saturated heterocycles. The van der Waals surface area contributed by atoms with Crippen LogP contribution in [0.3, 0.4) is 0 Å². The molecule has 0 radical (unpaired) electrons. The lowest BCUT2D eigenvalue weighted by Crippen LogP contribution is -1.92. The molecule has 0 N–H and O–H groups in total. The van der Waals surface area contributed by atoms with Crippen LogP contribution < -0.4 is 0 Å². The molecular formula is C20H19Cl2N. The first-order chi connectivity index (χ1) is 10.9. The zero-order valence-corrected chi connectivity index (χ0v) is 15.0. The van der Waals surface area contributed by atoms with Crippen molar-refractivity contribution >= 4 is 23.2 Å². The van der Waals surface area contributed by atoms with E-state index in [0.29, 0.717) is 18.3 Å². The van der Waals surface area contributed by atoms with Crippen LogP contribution in [-0.4, -0.2) is 0 Å². The lowest BCUT2D eigenvalue weighted by molar-refractivity contribution is 0.601. The minimum atomic E-state index is 0.179. The van der Waals surface area contributed by atoms with Crippen LogP contribution in [0.15, 0.2) is 36.4 Å². The van der Waals surface area contributed by atoms with Crippen molar-refractivity contribution < 1.29 is 0 Å². The summed E-state index contributed by atoms with van der Waals surface area (Å²) in [5.74, 6) is 0.869. The molecule has 0 aliphatic heterocycles. The van der Waals surface area contributed by atoms with Gasteiger partial charge >= 0.3 is 0 Å². The van der Waals surface area contributed by atoms with Gasteiger partial charge in [-0.3, -0.25) is 0 Å². The maximum absolute atomic E-state index is 8.78. The van der Waals surface area contributed by atoms with Gasteiger partial charge in [-0.25, -0.2) is 0 Å². The summed E-state index contributed by atoms with van der Waals surface area (Å²) < 4.78 is 0. The predicted octanol–water partition coefficient (Wildman–Crippen LogP) is 6.28. The van der Waals surface area contributed by atoms with Gasteiger partial charge in [0.15, 0.2) is 0 Å². The summed E-state index contributed by atoms with van der Waals surface area (Å²) in [6.07, 6.45) is 0.459. The van der Waals surface area contributed by atoms with Crippen molar-refractivity contribution in [1.82, 2.24) is 0 Å². The number of benzene rings is 2. The molecule has 1 saturated carbocycles. The second-order valence-corrected chi connectivity index (χ2v) is 7.78. The quantitative estimate of drug-likeness (QED) is 0.643. The van der Waals surface area contributed by atoms with Gasteiger partial charge in [0.05, 0.1) is 12.5 Å². The average molecular weight is 344 g/mol. The van der Waals surface area contributed by atoms with Gasteiger partial charge in [-0.05, 0) is 58.6 Å². The number of rotatable bonds is 3. The van der Waals surface area contributed by atoms with Gasteiger partial charge in [-0.15, -0.1) is 0 Å². The topological polar surface area (TPSA) is 23.8 Å². The number of hydrogen-bond donors (Lipinski definition) is 0. The first kappa shape index (κ1) is 16.4. The fourth-order valence-electron chi connectivity index (χ4n) is 3.66. The Morgan fingerprint density at radius 1 is 1.00 bits per heavy atom. The Bertz CT molecular complexity index is 761. The van der Waals surface area contributed by atoms with Crippen molar-refractivity contribution in [3.8, 4) is 6.07 Å². The summed E-state index contributed by atoms with van der Waals surface area (Å²) in [5, 5.41) is 10.3. The molecule has 0 heterocycles. The zero-order chi connectivity index (χ0) is 16.8. The molecule has 0 amide bonds. The first-order valence-corrected chi connectivity index (χ1v) is 8.53. The van der Waals surface area contributed by atoms with E-state index in [1.807, 2.05) is 6.92 Å². The fraction of sp³-hybridized carbons (Fsp3) is 0.350. The molecule has 1 nitrogen and oxygen atoms in total. The van der Waals surface area contributed by atoms with Crippen LogP contribution in [0.25, 0.3) is 0 Å². The van der Waals surface area contributed by atoms with E-state index in [1.165, 1.54) is 11.1 Å². The van der Waals surface area contributed by atoms with Crippen molar-refractivity contribution in [3.05, 3.63) is 68.7 Å². The highest BCUT2D eigenvalue weighted by Crippen LogP contribution is 2.70. The molecule has 3 heteroatoms. The number of nitrogens with zero attached hydrogens (tertiary/aromatic N) is 1. The van der Waals surface area contributed by atoms with Gasteiger partial charge in [0.1, 0.15) is 0 Å². The lowest BCUT2D eigenvalue weighted by atomic mass is 10.0. The minimum Gasteiger partial charge on any atom is -0.198 e. The lowest BCUT2D eigenvalue weighted by Gasteiger charge is -2.07. The van der Waals surface area contributed by atoms with E-state index in [-0.39, 0.29) is 5.41 Å². The summed E-state index contributed by atoms with van der Waals surface area (Å²) in [7, 11) is 0. The average Bonchev–Trinajstić information content (AvgIpc) is 3.08. The standard InChI is InChI=1S/C20H19Cl2N/c1-12-16(21)10-15(11-17(12)22)19-18(20(19,2)3)14-6-4-13(5-7-14)8-9-23/h4-7,10-11,18-19H,8H2,1-3H3. The molecule has 1 aliphatic carbocycles. The normalized spacial score (nSPS) is 21.7. The molecule has 0 aromatic heterocycles.